The van der Waals surface area contributed by atoms with Crippen molar-refractivity contribution in [1.82, 2.24) is 4.90 Å². The Morgan fingerprint density at radius 1 is 1.24 bits per heavy atom. The van der Waals surface area contributed by atoms with Crippen LogP contribution in [0.3, 0.4) is 0 Å². The molecule has 1 aromatic carbocycles. The summed E-state index contributed by atoms with van der Waals surface area (Å²) in [5.74, 6) is 1.64. The zero-order valence-electron chi connectivity index (χ0n) is 14.0. The lowest BCUT2D eigenvalue weighted by Gasteiger charge is -2.25. The Kier molecular flexibility index (Phi) is 4.58. The van der Waals surface area contributed by atoms with Crippen LogP contribution in [-0.4, -0.2) is 40.6 Å². The van der Waals surface area contributed by atoms with Crippen LogP contribution in [0.2, 0.25) is 0 Å². The van der Waals surface area contributed by atoms with Gasteiger partial charge in [-0.05, 0) is 12.0 Å². The van der Waals surface area contributed by atoms with Crippen molar-refractivity contribution in [3.05, 3.63) is 35.9 Å². The molecule has 0 spiro atoms. The van der Waals surface area contributed by atoms with Gasteiger partial charge in [0.1, 0.15) is 5.41 Å². The van der Waals surface area contributed by atoms with E-state index in [9.17, 15) is 14.7 Å². The molecule has 0 saturated carbocycles. The van der Waals surface area contributed by atoms with E-state index in [1.165, 1.54) is 0 Å². The molecule has 0 radical (unpaired) electrons. The molecule has 2 aliphatic rings. The summed E-state index contributed by atoms with van der Waals surface area (Å²) in [6.45, 7) is 0.655. The summed E-state index contributed by atoms with van der Waals surface area (Å²) in [4.78, 5) is 26.1. The summed E-state index contributed by atoms with van der Waals surface area (Å²) < 4.78 is 0. The van der Waals surface area contributed by atoms with E-state index in [0.29, 0.717) is 38.6 Å². The summed E-state index contributed by atoms with van der Waals surface area (Å²) in [6, 6.07) is 9.15. The maximum absolute atomic E-state index is 12.5. The molecule has 1 N–H and O–H groups in total. The molecule has 6 nitrogen and oxygen atoms in total. The summed E-state index contributed by atoms with van der Waals surface area (Å²) >= 11 is 0. The average molecular weight is 339 g/mol. The quantitative estimate of drug-likeness (QED) is 0.775. The summed E-state index contributed by atoms with van der Waals surface area (Å²) in [7, 11) is 0. The van der Waals surface area contributed by atoms with Crippen molar-refractivity contribution >= 4 is 11.9 Å². The van der Waals surface area contributed by atoms with Crippen LogP contribution in [0.4, 0.5) is 0 Å². The first-order valence-corrected chi connectivity index (χ1v) is 8.46. The molecule has 1 amide bonds. The summed E-state index contributed by atoms with van der Waals surface area (Å²) in [6.07, 6.45) is 7.79. The molecule has 1 atom stereocenters. The molecule has 1 aromatic rings. The number of likely N-dealkylation sites (tertiary alicyclic amines) is 1. The highest BCUT2D eigenvalue weighted by molar-refractivity contribution is 5.85. The first-order chi connectivity index (χ1) is 12.0. The second kappa shape index (κ2) is 6.67. The first-order valence-electron chi connectivity index (χ1n) is 8.46. The van der Waals surface area contributed by atoms with Crippen LogP contribution in [0.5, 0.6) is 0 Å². The lowest BCUT2D eigenvalue weighted by molar-refractivity contribution is -0.143. The number of aliphatic carboxylic acids is 1. The number of carbonyl (C=O) groups excluding carboxylic acids is 1. The van der Waals surface area contributed by atoms with E-state index in [1.54, 1.807) is 4.90 Å². The molecule has 1 unspecified atom stereocenters. The monoisotopic (exact) mass is 339 g/mol. The van der Waals surface area contributed by atoms with Crippen molar-refractivity contribution in [1.29, 1.82) is 0 Å². The van der Waals surface area contributed by atoms with Gasteiger partial charge in [-0.2, -0.15) is 10.2 Å². The zero-order chi connectivity index (χ0) is 17.9. The van der Waals surface area contributed by atoms with Crippen LogP contribution in [0, 0.1) is 12.3 Å². The fourth-order valence-electron chi connectivity index (χ4n) is 3.45. The molecule has 1 saturated heterocycles. The Morgan fingerprint density at radius 2 is 1.96 bits per heavy atom. The van der Waals surface area contributed by atoms with E-state index >= 15 is 0 Å². The Balaban J connectivity index is 1.62. The SMILES string of the molecule is C#CCCC1(CCC(=O)N2CCC(C(=O)O)(c3ccccc3)C2)N=N1. The molecular formula is C19H21N3O3. The van der Waals surface area contributed by atoms with Crippen molar-refractivity contribution in [3.63, 3.8) is 0 Å². The number of hydrogen-bond acceptors (Lipinski definition) is 4. The Morgan fingerprint density at radius 3 is 2.56 bits per heavy atom. The molecule has 0 bridgehead atoms. The lowest BCUT2D eigenvalue weighted by Crippen LogP contribution is -2.40. The van der Waals surface area contributed by atoms with Crippen molar-refractivity contribution < 1.29 is 14.7 Å². The van der Waals surface area contributed by atoms with Gasteiger partial charge in [-0.15, -0.1) is 12.3 Å². The Labute approximate surface area is 146 Å². The predicted molar refractivity (Wildman–Crippen MR) is 91.8 cm³/mol. The van der Waals surface area contributed by atoms with Crippen LogP contribution in [0.25, 0.3) is 0 Å². The topological polar surface area (TPSA) is 82.3 Å². The number of benzene rings is 1. The van der Waals surface area contributed by atoms with Crippen LogP contribution in [0.1, 0.15) is 37.7 Å². The summed E-state index contributed by atoms with van der Waals surface area (Å²) in [5, 5.41) is 17.9. The zero-order valence-corrected chi connectivity index (χ0v) is 14.0. The lowest BCUT2D eigenvalue weighted by atomic mass is 9.80. The third-order valence-electron chi connectivity index (χ3n) is 5.15. The van der Waals surface area contributed by atoms with E-state index in [1.807, 2.05) is 30.3 Å². The second-order valence-corrected chi connectivity index (χ2v) is 6.71. The molecule has 2 aliphatic heterocycles. The Hall–Kier alpha value is -2.68. The molecule has 130 valence electrons. The number of carboxylic acid groups (broad SMARTS) is 1. The summed E-state index contributed by atoms with van der Waals surface area (Å²) in [5.41, 5.74) is -0.757. The third-order valence-corrected chi connectivity index (χ3v) is 5.15. The molecule has 1 fully saturated rings. The minimum atomic E-state index is -1.02. The van der Waals surface area contributed by atoms with E-state index in [2.05, 4.69) is 16.1 Å². The van der Waals surface area contributed by atoms with Gasteiger partial charge in [0.15, 0.2) is 5.66 Å². The van der Waals surface area contributed by atoms with Gasteiger partial charge in [-0.25, -0.2) is 0 Å². The van der Waals surface area contributed by atoms with Crippen LogP contribution in [-0.2, 0) is 15.0 Å². The van der Waals surface area contributed by atoms with Gasteiger partial charge in [0.05, 0.1) is 0 Å². The molecule has 0 aliphatic carbocycles. The van der Waals surface area contributed by atoms with E-state index in [0.717, 1.165) is 5.56 Å². The standard InChI is InChI=1S/C19H21N3O3/c1-2-3-10-19(20-21-19)11-9-16(23)22-13-12-18(14-22,17(24)25)15-7-5-4-6-8-15/h1,4-8H,3,9-14H2,(H,24,25). The fourth-order valence-corrected chi connectivity index (χ4v) is 3.45. The maximum atomic E-state index is 12.5. The number of carboxylic acids is 1. The molecule has 2 heterocycles. The average Bonchev–Trinajstić information content (AvgIpc) is 3.25. The third kappa shape index (κ3) is 3.41. The van der Waals surface area contributed by atoms with E-state index in [-0.39, 0.29) is 12.5 Å². The predicted octanol–water partition coefficient (Wildman–Crippen LogP) is 2.60. The minimum Gasteiger partial charge on any atom is -0.481 e. The van der Waals surface area contributed by atoms with Crippen LogP contribution >= 0.6 is 0 Å². The van der Waals surface area contributed by atoms with Crippen molar-refractivity contribution in [3.8, 4) is 12.3 Å². The van der Waals surface area contributed by atoms with Gasteiger partial charge < -0.3 is 10.0 Å². The van der Waals surface area contributed by atoms with E-state index in [4.69, 9.17) is 6.42 Å². The molecule has 3 rings (SSSR count). The van der Waals surface area contributed by atoms with E-state index < -0.39 is 17.0 Å². The largest absolute Gasteiger partial charge is 0.481 e. The molecule has 0 aromatic heterocycles. The van der Waals surface area contributed by atoms with Crippen LogP contribution < -0.4 is 0 Å². The molecular weight excluding hydrogens is 318 g/mol. The maximum Gasteiger partial charge on any atom is 0.316 e. The van der Waals surface area contributed by atoms with Gasteiger partial charge in [0.25, 0.3) is 0 Å². The number of carbonyl (C=O) groups is 2. The van der Waals surface area contributed by atoms with Crippen molar-refractivity contribution in [2.24, 2.45) is 10.2 Å². The van der Waals surface area contributed by atoms with Crippen molar-refractivity contribution in [2.75, 3.05) is 13.1 Å². The highest BCUT2D eigenvalue weighted by atomic mass is 16.4. The van der Waals surface area contributed by atoms with Gasteiger partial charge in [-0.1, -0.05) is 30.3 Å². The minimum absolute atomic E-state index is 0.0450. The smallest absolute Gasteiger partial charge is 0.316 e. The highest BCUT2D eigenvalue weighted by Gasteiger charge is 2.48. The normalized spacial score (nSPS) is 23.2. The van der Waals surface area contributed by atoms with Gasteiger partial charge in [0, 0.05) is 38.8 Å². The fraction of sp³-hybridized carbons (Fsp3) is 0.474. The van der Waals surface area contributed by atoms with Gasteiger partial charge in [0.2, 0.25) is 5.91 Å². The Bertz CT molecular complexity index is 732. The highest BCUT2D eigenvalue weighted by Crippen LogP contribution is 2.39. The number of nitrogens with zero attached hydrogens (tertiary/aromatic N) is 3. The van der Waals surface area contributed by atoms with Gasteiger partial charge in [-0.3, -0.25) is 9.59 Å². The van der Waals surface area contributed by atoms with Gasteiger partial charge >= 0.3 is 5.97 Å². The van der Waals surface area contributed by atoms with Crippen LogP contribution in [0.15, 0.2) is 40.6 Å². The van der Waals surface area contributed by atoms with Crippen molar-refractivity contribution in [2.45, 2.75) is 43.2 Å². The first kappa shape index (κ1) is 17.2. The molecule has 25 heavy (non-hydrogen) atoms. The number of terminal acetylenes is 1. The second-order valence-electron chi connectivity index (χ2n) is 6.71. The molecule has 6 heteroatoms. The number of amides is 1. The number of hydrogen-bond donors (Lipinski definition) is 1. The number of rotatable bonds is 7.